The fourth-order valence-corrected chi connectivity index (χ4v) is 5.00. The second-order valence-corrected chi connectivity index (χ2v) is 7.68. The molecule has 3 aromatic rings. The van der Waals surface area contributed by atoms with Crippen molar-refractivity contribution in [3.63, 3.8) is 0 Å². The van der Waals surface area contributed by atoms with Crippen LogP contribution in [0.25, 0.3) is 0 Å². The Morgan fingerprint density at radius 3 is 1.92 bits per heavy atom. The SMILES string of the molecule is CC(=O)N/N=C/c1ccccc1P(c1ccccc1)c1ccccc1. The summed E-state index contributed by atoms with van der Waals surface area (Å²) in [7, 11) is -0.703. The predicted octanol–water partition coefficient (Wildman–Crippen LogP) is 2.91. The van der Waals surface area contributed by atoms with Crippen LogP contribution in [0.5, 0.6) is 0 Å². The number of hydrazone groups is 1. The predicted molar refractivity (Wildman–Crippen MR) is 107 cm³/mol. The number of hydrogen-bond donors (Lipinski definition) is 1. The van der Waals surface area contributed by atoms with Gasteiger partial charge in [-0.15, -0.1) is 0 Å². The lowest BCUT2D eigenvalue weighted by Gasteiger charge is -2.21. The molecular weight excluding hydrogens is 327 g/mol. The second-order valence-electron chi connectivity index (χ2n) is 5.49. The lowest BCUT2D eigenvalue weighted by Crippen LogP contribution is -2.23. The Bertz CT molecular complexity index is 824. The molecule has 4 heteroatoms. The number of carbonyl (C=O) groups excluding carboxylic acids is 1. The molecule has 0 unspecified atom stereocenters. The monoisotopic (exact) mass is 346 g/mol. The van der Waals surface area contributed by atoms with Gasteiger partial charge in [-0.2, -0.15) is 5.10 Å². The third-order valence-electron chi connectivity index (χ3n) is 3.63. The zero-order chi connectivity index (χ0) is 17.5. The fourth-order valence-electron chi connectivity index (χ4n) is 2.57. The molecule has 0 saturated carbocycles. The standard InChI is InChI=1S/C21H19N2OP/c1-17(24)23-22-16-18-10-8-9-15-21(18)25(19-11-4-2-5-12-19)20-13-6-3-7-14-20/h2-16H,1H3,(H,23,24)/b22-16+. The Labute approximate surface area is 149 Å². The fraction of sp³-hybridized carbons (Fsp3) is 0.0476. The molecule has 0 heterocycles. The Morgan fingerprint density at radius 2 is 1.36 bits per heavy atom. The molecule has 0 bridgehead atoms. The minimum Gasteiger partial charge on any atom is -0.274 e. The lowest BCUT2D eigenvalue weighted by molar-refractivity contribution is -0.118. The number of nitrogens with zero attached hydrogens (tertiary/aromatic N) is 1. The molecule has 3 rings (SSSR count). The van der Waals surface area contributed by atoms with E-state index in [1.165, 1.54) is 22.8 Å². The molecular formula is C21H19N2OP. The summed E-state index contributed by atoms with van der Waals surface area (Å²) in [6.07, 6.45) is 1.72. The van der Waals surface area contributed by atoms with Crippen molar-refractivity contribution in [3.8, 4) is 0 Å². The number of amides is 1. The van der Waals surface area contributed by atoms with E-state index in [2.05, 4.69) is 65.1 Å². The average molecular weight is 346 g/mol. The molecule has 0 aliphatic heterocycles. The third kappa shape index (κ3) is 4.40. The molecule has 1 N–H and O–H groups in total. The highest BCUT2D eigenvalue weighted by atomic mass is 31.1. The van der Waals surface area contributed by atoms with E-state index in [1.54, 1.807) is 6.21 Å². The van der Waals surface area contributed by atoms with Gasteiger partial charge in [-0.1, -0.05) is 84.9 Å². The normalized spacial score (nSPS) is 11.0. The zero-order valence-electron chi connectivity index (χ0n) is 14.0. The number of carbonyl (C=O) groups is 1. The van der Waals surface area contributed by atoms with Gasteiger partial charge in [-0.25, -0.2) is 5.43 Å². The van der Waals surface area contributed by atoms with Crippen LogP contribution in [0.15, 0.2) is 90.0 Å². The highest BCUT2D eigenvalue weighted by molar-refractivity contribution is 7.80. The van der Waals surface area contributed by atoms with E-state index in [4.69, 9.17) is 0 Å². The van der Waals surface area contributed by atoms with Crippen molar-refractivity contribution in [1.82, 2.24) is 5.43 Å². The summed E-state index contributed by atoms with van der Waals surface area (Å²) in [4.78, 5) is 11.1. The van der Waals surface area contributed by atoms with Gasteiger partial charge in [0, 0.05) is 12.5 Å². The lowest BCUT2D eigenvalue weighted by atomic mass is 10.2. The van der Waals surface area contributed by atoms with Crippen LogP contribution in [0.3, 0.4) is 0 Å². The summed E-state index contributed by atoms with van der Waals surface area (Å²) in [6, 6.07) is 29.2. The summed E-state index contributed by atoms with van der Waals surface area (Å²) in [6.45, 7) is 1.45. The summed E-state index contributed by atoms with van der Waals surface area (Å²) in [5, 5.41) is 7.83. The van der Waals surface area contributed by atoms with Crippen molar-refractivity contribution >= 4 is 36.0 Å². The molecule has 1 amide bonds. The molecule has 0 radical (unpaired) electrons. The summed E-state index contributed by atoms with van der Waals surface area (Å²) >= 11 is 0. The van der Waals surface area contributed by atoms with Gasteiger partial charge in [0.05, 0.1) is 6.21 Å². The van der Waals surface area contributed by atoms with Crippen LogP contribution in [0.1, 0.15) is 12.5 Å². The van der Waals surface area contributed by atoms with Crippen molar-refractivity contribution in [3.05, 3.63) is 90.5 Å². The number of rotatable bonds is 5. The van der Waals surface area contributed by atoms with Crippen molar-refractivity contribution in [2.75, 3.05) is 0 Å². The summed E-state index contributed by atoms with van der Waals surface area (Å²) < 4.78 is 0. The van der Waals surface area contributed by atoms with Gasteiger partial charge in [-0.3, -0.25) is 4.79 Å². The van der Waals surface area contributed by atoms with Crippen LogP contribution >= 0.6 is 7.92 Å². The van der Waals surface area contributed by atoms with Crippen LogP contribution in [-0.2, 0) is 4.79 Å². The van der Waals surface area contributed by atoms with E-state index in [9.17, 15) is 4.79 Å². The largest absolute Gasteiger partial charge is 0.274 e. The molecule has 3 aromatic carbocycles. The number of nitrogens with one attached hydrogen (secondary N) is 1. The number of benzene rings is 3. The van der Waals surface area contributed by atoms with E-state index >= 15 is 0 Å². The van der Waals surface area contributed by atoms with Crippen LogP contribution in [0.4, 0.5) is 0 Å². The van der Waals surface area contributed by atoms with Crippen LogP contribution in [0.2, 0.25) is 0 Å². The maximum absolute atomic E-state index is 11.1. The first-order valence-electron chi connectivity index (χ1n) is 8.04. The Morgan fingerprint density at radius 1 is 0.840 bits per heavy atom. The first kappa shape index (κ1) is 17.1. The van der Waals surface area contributed by atoms with Gasteiger partial charge < -0.3 is 0 Å². The molecule has 0 saturated heterocycles. The molecule has 0 aliphatic rings. The second kappa shape index (κ2) is 8.36. The molecule has 0 fully saturated rings. The van der Waals surface area contributed by atoms with Crippen LogP contribution < -0.4 is 21.3 Å². The smallest absolute Gasteiger partial charge is 0.236 e. The Balaban J connectivity index is 2.09. The Hall–Kier alpha value is -2.77. The van der Waals surface area contributed by atoms with Crippen molar-refractivity contribution in [1.29, 1.82) is 0 Å². The summed E-state index contributed by atoms with van der Waals surface area (Å²) in [5.41, 5.74) is 3.49. The quantitative estimate of drug-likeness (QED) is 0.431. The van der Waals surface area contributed by atoms with Gasteiger partial charge >= 0.3 is 0 Å². The first-order valence-corrected chi connectivity index (χ1v) is 9.39. The molecule has 25 heavy (non-hydrogen) atoms. The maximum Gasteiger partial charge on any atom is 0.236 e. The highest BCUT2D eigenvalue weighted by Gasteiger charge is 2.18. The number of hydrogen-bond acceptors (Lipinski definition) is 2. The first-order chi connectivity index (χ1) is 12.3. The third-order valence-corrected chi connectivity index (χ3v) is 6.15. The van der Waals surface area contributed by atoms with E-state index in [0.29, 0.717) is 0 Å². The molecule has 3 nitrogen and oxygen atoms in total. The van der Waals surface area contributed by atoms with Gasteiger partial charge in [-0.05, 0) is 23.8 Å². The van der Waals surface area contributed by atoms with Gasteiger partial charge in [0.1, 0.15) is 0 Å². The van der Waals surface area contributed by atoms with Crippen molar-refractivity contribution in [2.24, 2.45) is 5.10 Å². The molecule has 0 atom stereocenters. The van der Waals surface area contributed by atoms with E-state index in [0.717, 1.165) is 5.56 Å². The Kier molecular flexibility index (Phi) is 5.71. The van der Waals surface area contributed by atoms with E-state index in [1.807, 2.05) is 30.3 Å². The van der Waals surface area contributed by atoms with Gasteiger partial charge in [0.25, 0.3) is 0 Å². The summed E-state index contributed by atoms with van der Waals surface area (Å²) in [5.74, 6) is -0.179. The molecule has 124 valence electrons. The van der Waals surface area contributed by atoms with Gasteiger partial charge in [0.15, 0.2) is 0 Å². The molecule has 0 aliphatic carbocycles. The van der Waals surface area contributed by atoms with E-state index in [-0.39, 0.29) is 5.91 Å². The molecule has 0 spiro atoms. The highest BCUT2D eigenvalue weighted by Crippen LogP contribution is 2.33. The topological polar surface area (TPSA) is 41.5 Å². The van der Waals surface area contributed by atoms with Gasteiger partial charge in [0.2, 0.25) is 5.91 Å². The minimum absolute atomic E-state index is 0.179. The van der Waals surface area contributed by atoms with Crippen molar-refractivity contribution < 1.29 is 4.79 Å². The van der Waals surface area contributed by atoms with E-state index < -0.39 is 7.92 Å². The van der Waals surface area contributed by atoms with Crippen molar-refractivity contribution in [2.45, 2.75) is 6.92 Å². The van der Waals surface area contributed by atoms with Crippen LogP contribution in [-0.4, -0.2) is 12.1 Å². The maximum atomic E-state index is 11.1. The van der Waals surface area contributed by atoms with Crippen LogP contribution in [0, 0.1) is 0 Å². The zero-order valence-corrected chi connectivity index (χ0v) is 14.9. The average Bonchev–Trinajstić information content (AvgIpc) is 2.65. The minimum atomic E-state index is -0.703. The molecule has 0 aromatic heterocycles.